The normalized spacial score (nSPS) is 20.9. The molecule has 0 amide bonds. The standard InChI is InChI=1S/C19H29F2N3O2.HI/c1-3-22-18(24-12-19(6-8-25)7-9-26-13-19)23-11-14(2)15-4-5-16(20)17(21)10-15;/h4-5,10,14,25H,3,6-9,11-13H2,1-2H3,(H2,22,23,24);1H. The largest absolute Gasteiger partial charge is 0.396 e. The van der Waals surface area contributed by atoms with Crippen LogP contribution in [0.4, 0.5) is 8.78 Å². The topological polar surface area (TPSA) is 65.9 Å². The van der Waals surface area contributed by atoms with Crippen molar-refractivity contribution in [1.29, 1.82) is 0 Å². The molecule has 1 heterocycles. The quantitative estimate of drug-likeness (QED) is 0.294. The van der Waals surface area contributed by atoms with E-state index in [9.17, 15) is 13.9 Å². The number of nitrogens with one attached hydrogen (secondary N) is 2. The Balaban J connectivity index is 0.00000364. The molecular weight excluding hydrogens is 467 g/mol. The van der Waals surface area contributed by atoms with Crippen molar-refractivity contribution in [2.24, 2.45) is 10.4 Å². The number of ether oxygens (including phenoxy) is 1. The summed E-state index contributed by atoms with van der Waals surface area (Å²) in [4.78, 5) is 4.65. The summed E-state index contributed by atoms with van der Waals surface area (Å²) in [5, 5.41) is 15.8. The SMILES string of the molecule is CCNC(=NCC1(CCO)CCOC1)NCC(C)c1ccc(F)c(F)c1.I. The van der Waals surface area contributed by atoms with Crippen molar-refractivity contribution in [3.05, 3.63) is 35.4 Å². The molecule has 1 aliphatic rings. The zero-order chi connectivity index (χ0) is 19.0. The van der Waals surface area contributed by atoms with Gasteiger partial charge in [0.2, 0.25) is 0 Å². The lowest BCUT2D eigenvalue weighted by molar-refractivity contribution is 0.131. The van der Waals surface area contributed by atoms with Crippen LogP contribution in [-0.2, 0) is 4.74 Å². The van der Waals surface area contributed by atoms with E-state index in [2.05, 4.69) is 15.6 Å². The van der Waals surface area contributed by atoms with E-state index in [-0.39, 0.29) is 41.9 Å². The Labute approximate surface area is 177 Å². The number of aliphatic hydroxyl groups excluding tert-OH is 1. The van der Waals surface area contributed by atoms with Crippen molar-refractivity contribution in [2.45, 2.75) is 32.6 Å². The molecule has 0 bridgehead atoms. The van der Waals surface area contributed by atoms with E-state index < -0.39 is 11.6 Å². The Hall–Kier alpha value is -1.00. The molecule has 1 saturated heterocycles. The average molecular weight is 497 g/mol. The Bertz CT molecular complexity index is 611. The first-order chi connectivity index (χ1) is 12.5. The van der Waals surface area contributed by atoms with Crippen LogP contribution in [-0.4, -0.2) is 50.5 Å². The van der Waals surface area contributed by atoms with Crippen molar-refractivity contribution in [3.63, 3.8) is 0 Å². The Morgan fingerprint density at radius 3 is 2.70 bits per heavy atom. The van der Waals surface area contributed by atoms with Gasteiger partial charge in [0.15, 0.2) is 17.6 Å². The molecule has 8 heteroatoms. The third kappa shape index (κ3) is 7.15. The van der Waals surface area contributed by atoms with Gasteiger partial charge in [-0.25, -0.2) is 8.78 Å². The Kier molecular flexibility index (Phi) is 10.5. The van der Waals surface area contributed by atoms with Crippen LogP contribution in [0.5, 0.6) is 0 Å². The van der Waals surface area contributed by atoms with Crippen molar-refractivity contribution >= 4 is 29.9 Å². The fourth-order valence-corrected chi connectivity index (χ4v) is 3.06. The highest BCUT2D eigenvalue weighted by atomic mass is 127. The number of rotatable bonds is 8. The zero-order valence-electron chi connectivity index (χ0n) is 15.9. The van der Waals surface area contributed by atoms with Crippen molar-refractivity contribution in [1.82, 2.24) is 10.6 Å². The van der Waals surface area contributed by atoms with Gasteiger partial charge in [0, 0.05) is 31.7 Å². The number of hydrogen-bond donors (Lipinski definition) is 3. The smallest absolute Gasteiger partial charge is 0.191 e. The molecular formula is C19H30F2IN3O2. The molecule has 0 aromatic heterocycles. The molecule has 27 heavy (non-hydrogen) atoms. The fourth-order valence-electron chi connectivity index (χ4n) is 3.06. The Morgan fingerprint density at radius 2 is 2.11 bits per heavy atom. The second kappa shape index (κ2) is 11.8. The molecule has 0 saturated carbocycles. The van der Waals surface area contributed by atoms with Gasteiger partial charge in [0.25, 0.3) is 0 Å². The highest BCUT2D eigenvalue weighted by Gasteiger charge is 2.34. The van der Waals surface area contributed by atoms with Gasteiger partial charge in [-0.1, -0.05) is 13.0 Å². The molecule has 2 atom stereocenters. The van der Waals surface area contributed by atoms with Gasteiger partial charge in [0.1, 0.15) is 0 Å². The first-order valence-electron chi connectivity index (χ1n) is 9.15. The molecule has 0 radical (unpaired) electrons. The summed E-state index contributed by atoms with van der Waals surface area (Å²) in [5.41, 5.74) is 0.621. The minimum absolute atomic E-state index is 0. The number of hydrogen-bond acceptors (Lipinski definition) is 3. The summed E-state index contributed by atoms with van der Waals surface area (Å²) in [6.45, 7) is 7.20. The van der Waals surface area contributed by atoms with Gasteiger partial charge in [-0.05, 0) is 43.4 Å². The lowest BCUT2D eigenvalue weighted by Crippen LogP contribution is -2.40. The average Bonchev–Trinajstić information content (AvgIpc) is 3.08. The van der Waals surface area contributed by atoms with Crippen LogP contribution in [0.15, 0.2) is 23.2 Å². The van der Waals surface area contributed by atoms with Gasteiger partial charge >= 0.3 is 0 Å². The third-order valence-electron chi connectivity index (χ3n) is 4.83. The second-order valence-electron chi connectivity index (χ2n) is 6.93. The summed E-state index contributed by atoms with van der Waals surface area (Å²) in [6.07, 6.45) is 1.56. The summed E-state index contributed by atoms with van der Waals surface area (Å²) in [7, 11) is 0. The van der Waals surface area contributed by atoms with Crippen molar-refractivity contribution < 1.29 is 18.6 Å². The Morgan fingerprint density at radius 1 is 1.33 bits per heavy atom. The van der Waals surface area contributed by atoms with E-state index in [1.807, 2.05) is 13.8 Å². The van der Waals surface area contributed by atoms with E-state index in [0.29, 0.717) is 38.7 Å². The van der Waals surface area contributed by atoms with Crippen LogP contribution < -0.4 is 10.6 Å². The van der Waals surface area contributed by atoms with Crippen LogP contribution in [0.25, 0.3) is 0 Å². The van der Waals surface area contributed by atoms with Gasteiger partial charge in [0.05, 0.1) is 13.2 Å². The highest BCUT2D eigenvalue weighted by molar-refractivity contribution is 14.0. The summed E-state index contributed by atoms with van der Waals surface area (Å²) in [5.74, 6) is -1.000. The minimum Gasteiger partial charge on any atom is -0.396 e. The highest BCUT2D eigenvalue weighted by Crippen LogP contribution is 2.32. The molecule has 1 aromatic rings. The van der Waals surface area contributed by atoms with Crippen LogP contribution in [0.2, 0.25) is 0 Å². The molecule has 154 valence electrons. The number of benzene rings is 1. The summed E-state index contributed by atoms with van der Waals surface area (Å²) < 4.78 is 32.0. The fraction of sp³-hybridized carbons (Fsp3) is 0.632. The van der Waals surface area contributed by atoms with Crippen LogP contribution in [0.1, 0.15) is 38.2 Å². The predicted molar refractivity (Wildman–Crippen MR) is 114 cm³/mol. The summed E-state index contributed by atoms with van der Waals surface area (Å²) >= 11 is 0. The second-order valence-corrected chi connectivity index (χ2v) is 6.93. The molecule has 1 aromatic carbocycles. The zero-order valence-corrected chi connectivity index (χ0v) is 18.3. The van der Waals surface area contributed by atoms with Crippen LogP contribution in [0, 0.1) is 17.0 Å². The summed E-state index contributed by atoms with van der Waals surface area (Å²) in [6, 6.07) is 3.98. The van der Waals surface area contributed by atoms with E-state index in [1.54, 1.807) is 6.07 Å². The molecule has 0 spiro atoms. The number of guanidine groups is 1. The minimum atomic E-state index is -0.836. The maximum Gasteiger partial charge on any atom is 0.191 e. The number of nitrogens with zero attached hydrogens (tertiary/aromatic N) is 1. The number of halogens is 3. The van der Waals surface area contributed by atoms with Crippen LogP contribution in [0.3, 0.4) is 0 Å². The molecule has 3 N–H and O–H groups in total. The van der Waals surface area contributed by atoms with Gasteiger partial charge in [-0.2, -0.15) is 0 Å². The first-order valence-corrected chi connectivity index (χ1v) is 9.15. The maximum absolute atomic E-state index is 13.4. The first kappa shape index (κ1) is 24.0. The molecule has 2 rings (SSSR count). The molecule has 2 unspecified atom stereocenters. The number of aliphatic hydroxyl groups is 1. The van der Waals surface area contributed by atoms with Crippen LogP contribution >= 0.6 is 24.0 Å². The predicted octanol–water partition coefficient (Wildman–Crippen LogP) is 3.03. The number of aliphatic imine (C=N–C) groups is 1. The van der Waals surface area contributed by atoms with E-state index in [0.717, 1.165) is 24.6 Å². The monoisotopic (exact) mass is 497 g/mol. The van der Waals surface area contributed by atoms with E-state index in [1.165, 1.54) is 6.07 Å². The molecule has 5 nitrogen and oxygen atoms in total. The lowest BCUT2D eigenvalue weighted by atomic mass is 9.84. The van der Waals surface area contributed by atoms with Gasteiger partial charge in [-0.15, -0.1) is 24.0 Å². The maximum atomic E-state index is 13.4. The van der Waals surface area contributed by atoms with Crippen molar-refractivity contribution in [2.75, 3.05) is 39.5 Å². The molecule has 0 aliphatic carbocycles. The molecule has 1 fully saturated rings. The third-order valence-corrected chi connectivity index (χ3v) is 4.83. The lowest BCUT2D eigenvalue weighted by Gasteiger charge is -2.25. The molecule has 1 aliphatic heterocycles. The van der Waals surface area contributed by atoms with Crippen molar-refractivity contribution in [3.8, 4) is 0 Å². The van der Waals surface area contributed by atoms with Gasteiger partial charge < -0.3 is 20.5 Å². The van der Waals surface area contributed by atoms with E-state index >= 15 is 0 Å². The van der Waals surface area contributed by atoms with E-state index in [4.69, 9.17) is 4.74 Å². The van der Waals surface area contributed by atoms with Gasteiger partial charge in [-0.3, -0.25) is 4.99 Å².